The van der Waals surface area contributed by atoms with Gasteiger partial charge in [0.15, 0.2) is 0 Å². The molecule has 6 atom stereocenters. The number of nitrogens with one attached hydrogen (secondary N) is 1. The summed E-state index contributed by atoms with van der Waals surface area (Å²) in [6.45, 7) is -0.452. The van der Waals surface area contributed by atoms with Crippen LogP contribution in [-0.4, -0.2) is 56.3 Å². The Hall–Kier alpha value is -4.81. The van der Waals surface area contributed by atoms with Crippen molar-refractivity contribution in [3.63, 3.8) is 0 Å². The van der Waals surface area contributed by atoms with Crippen molar-refractivity contribution in [2.75, 3.05) is 12.0 Å². The first-order chi connectivity index (χ1) is 23.1. The van der Waals surface area contributed by atoms with Crippen LogP contribution in [0.25, 0.3) is 0 Å². The monoisotopic (exact) mass is 675 g/mol. The number of aliphatic carboxylic acids is 1. The fourth-order valence-electron chi connectivity index (χ4n) is 8.27. The van der Waals surface area contributed by atoms with Gasteiger partial charge in [-0.3, -0.25) is 34.3 Å². The summed E-state index contributed by atoms with van der Waals surface area (Å²) in [4.78, 5) is 69.3. The summed E-state index contributed by atoms with van der Waals surface area (Å²) in [6.07, 6.45) is 2.02. The molecule has 7 rings (SSSR count). The lowest BCUT2D eigenvalue weighted by Crippen LogP contribution is -2.53. The van der Waals surface area contributed by atoms with Gasteiger partial charge in [-0.15, -0.1) is 0 Å². The second kappa shape index (κ2) is 12.0. The third kappa shape index (κ3) is 4.84. The molecule has 1 saturated carbocycles. The zero-order chi connectivity index (χ0) is 33.9. The molecule has 3 fully saturated rings. The lowest BCUT2D eigenvalue weighted by Gasteiger charge is -2.49. The molecule has 0 radical (unpaired) electrons. The van der Waals surface area contributed by atoms with Gasteiger partial charge in [-0.2, -0.15) is 5.01 Å². The van der Waals surface area contributed by atoms with Gasteiger partial charge in [0.05, 0.1) is 29.4 Å². The Morgan fingerprint density at radius 2 is 1.71 bits per heavy atom. The van der Waals surface area contributed by atoms with Crippen molar-refractivity contribution in [2.24, 2.45) is 23.7 Å². The Bertz CT molecular complexity index is 1860. The molecule has 2 saturated heterocycles. The SMILES string of the molecule is O=C(O)CCCN1C(=O)C2CC=C3C(CC4C(=O)N(Nc5ccc(F)cc5)C(=O)C4(c4ccc(Cl)cc4)C3c3ccc(CO)o3)C2C1=O. The minimum Gasteiger partial charge on any atom is -0.481 e. The highest BCUT2D eigenvalue weighted by molar-refractivity contribution is 6.30. The van der Waals surface area contributed by atoms with E-state index in [1.165, 1.54) is 24.3 Å². The first-order valence-electron chi connectivity index (χ1n) is 15.7. The number of rotatable bonds is 9. The van der Waals surface area contributed by atoms with Crippen LogP contribution < -0.4 is 5.43 Å². The summed E-state index contributed by atoms with van der Waals surface area (Å²) in [5.41, 5.74) is 2.72. The van der Waals surface area contributed by atoms with Crippen LogP contribution in [0.3, 0.4) is 0 Å². The maximum Gasteiger partial charge on any atom is 0.303 e. The fourth-order valence-corrected chi connectivity index (χ4v) is 8.40. The molecule has 1 aromatic heterocycles. The number of likely N-dealkylation sites (tertiary alicyclic amines) is 1. The average Bonchev–Trinajstić information content (AvgIpc) is 3.70. The summed E-state index contributed by atoms with van der Waals surface area (Å²) < 4.78 is 19.9. The number of hydrogen-bond acceptors (Lipinski definition) is 8. The van der Waals surface area contributed by atoms with Gasteiger partial charge in [0, 0.05) is 18.0 Å². The van der Waals surface area contributed by atoms with E-state index < -0.39 is 71.1 Å². The van der Waals surface area contributed by atoms with Gasteiger partial charge in [0.1, 0.15) is 29.4 Å². The van der Waals surface area contributed by atoms with Gasteiger partial charge >= 0.3 is 5.97 Å². The number of halogens is 2. The number of allylic oxidation sites excluding steroid dienone is 2. The van der Waals surface area contributed by atoms with E-state index in [0.717, 1.165) is 9.91 Å². The van der Waals surface area contributed by atoms with Crippen molar-refractivity contribution in [1.82, 2.24) is 9.91 Å². The minimum absolute atomic E-state index is 0.0363. The Labute approximate surface area is 278 Å². The molecule has 3 N–H and O–H groups in total. The number of anilines is 1. The molecule has 0 bridgehead atoms. The largest absolute Gasteiger partial charge is 0.481 e. The molecule has 4 amide bonds. The van der Waals surface area contributed by atoms with E-state index >= 15 is 0 Å². The molecule has 13 heteroatoms. The number of furan rings is 1. The van der Waals surface area contributed by atoms with E-state index in [-0.39, 0.29) is 43.9 Å². The second-order valence-electron chi connectivity index (χ2n) is 12.7. The zero-order valence-corrected chi connectivity index (χ0v) is 26.2. The van der Waals surface area contributed by atoms with E-state index in [9.17, 15) is 33.5 Å². The van der Waals surface area contributed by atoms with Gasteiger partial charge in [-0.05, 0) is 79.3 Å². The van der Waals surface area contributed by atoms with Crippen molar-refractivity contribution in [3.8, 4) is 0 Å². The van der Waals surface area contributed by atoms with E-state index in [0.29, 0.717) is 27.6 Å². The van der Waals surface area contributed by atoms with Crippen LogP contribution >= 0.6 is 11.6 Å². The first kappa shape index (κ1) is 31.8. The quantitative estimate of drug-likeness (QED) is 0.221. The molecule has 3 heterocycles. The lowest BCUT2D eigenvalue weighted by molar-refractivity contribution is -0.142. The van der Waals surface area contributed by atoms with Crippen LogP contribution in [0.4, 0.5) is 10.1 Å². The summed E-state index contributed by atoms with van der Waals surface area (Å²) in [5, 5.41) is 20.4. The van der Waals surface area contributed by atoms with E-state index in [1.54, 1.807) is 36.4 Å². The van der Waals surface area contributed by atoms with Crippen molar-refractivity contribution in [3.05, 3.63) is 100 Å². The van der Waals surface area contributed by atoms with Crippen LogP contribution in [0.15, 0.2) is 76.7 Å². The Morgan fingerprint density at radius 1 is 0.979 bits per heavy atom. The smallest absolute Gasteiger partial charge is 0.303 e. The molecule has 2 aliphatic heterocycles. The standard InChI is InChI=1S/C35H31ClFN3O8/c36-19-5-3-18(4-6-19)35-26(32(45)40(34(35)47)38-21-9-7-20(37)8-10-21)16-25-23(30(35)27-14-11-22(17-41)48-27)12-13-24-29(25)33(46)39(31(24)44)15-1-2-28(42)43/h3-12,14,24-26,29-30,38,41H,1-2,13,15-17H2,(H,42,43). The molecule has 0 spiro atoms. The van der Waals surface area contributed by atoms with E-state index in [2.05, 4.69) is 5.43 Å². The van der Waals surface area contributed by atoms with Crippen molar-refractivity contribution < 1.29 is 43.0 Å². The van der Waals surface area contributed by atoms with Crippen molar-refractivity contribution in [2.45, 2.75) is 43.6 Å². The third-order valence-electron chi connectivity index (χ3n) is 10.2. The number of hydrazine groups is 1. The summed E-state index contributed by atoms with van der Waals surface area (Å²) >= 11 is 6.28. The fraction of sp³-hybridized carbons (Fsp3) is 0.343. The number of benzene rings is 2. The number of aliphatic hydroxyl groups excluding tert-OH is 1. The maximum atomic E-state index is 15.0. The number of aliphatic hydroxyl groups is 1. The highest BCUT2D eigenvalue weighted by atomic mass is 35.5. The molecular weight excluding hydrogens is 645 g/mol. The molecule has 4 aliphatic rings. The highest BCUT2D eigenvalue weighted by Crippen LogP contribution is 2.64. The van der Waals surface area contributed by atoms with Gasteiger partial charge < -0.3 is 14.6 Å². The number of imide groups is 2. The summed E-state index contributed by atoms with van der Waals surface area (Å²) in [7, 11) is 0. The van der Waals surface area contributed by atoms with Crippen LogP contribution in [0.1, 0.15) is 48.7 Å². The van der Waals surface area contributed by atoms with Gasteiger partial charge in [0.25, 0.3) is 11.8 Å². The molecule has 248 valence electrons. The second-order valence-corrected chi connectivity index (χ2v) is 13.1. The average molecular weight is 676 g/mol. The predicted molar refractivity (Wildman–Crippen MR) is 167 cm³/mol. The molecule has 2 aliphatic carbocycles. The lowest BCUT2D eigenvalue weighted by atomic mass is 9.50. The van der Waals surface area contributed by atoms with Crippen molar-refractivity contribution >= 4 is 46.9 Å². The zero-order valence-electron chi connectivity index (χ0n) is 25.5. The Morgan fingerprint density at radius 3 is 2.38 bits per heavy atom. The number of fused-ring (bicyclic) bond motifs is 4. The van der Waals surface area contributed by atoms with Crippen LogP contribution in [0, 0.1) is 29.5 Å². The Kier molecular flexibility index (Phi) is 7.95. The van der Waals surface area contributed by atoms with Crippen LogP contribution in [-0.2, 0) is 36.0 Å². The Balaban J connectivity index is 1.38. The minimum atomic E-state index is -1.60. The summed E-state index contributed by atoms with van der Waals surface area (Å²) in [6, 6.07) is 15.0. The number of nitrogens with zero attached hydrogens (tertiary/aromatic N) is 2. The maximum absolute atomic E-state index is 15.0. The van der Waals surface area contributed by atoms with E-state index in [1.807, 2.05) is 6.08 Å². The predicted octanol–water partition coefficient (Wildman–Crippen LogP) is 4.41. The van der Waals surface area contributed by atoms with Crippen molar-refractivity contribution in [1.29, 1.82) is 0 Å². The molecule has 3 aromatic rings. The normalized spacial score (nSPS) is 27.9. The number of carboxylic acid groups (broad SMARTS) is 1. The van der Waals surface area contributed by atoms with Gasteiger partial charge in [-0.1, -0.05) is 35.4 Å². The molecule has 48 heavy (non-hydrogen) atoms. The highest BCUT2D eigenvalue weighted by Gasteiger charge is 2.71. The van der Waals surface area contributed by atoms with Gasteiger partial charge in [-0.25, -0.2) is 4.39 Å². The first-order valence-corrected chi connectivity index (χ1v) is 16.1. The van der Waals surface area contributed by atoms with Crippen LogP contribution in [0.2, 0.25) is 5.02 Å². The summed E-state index contributed by atoms with van der Waals surface area (Å²) in [5.74, 6) is -7.13. The molecule has 11 nitrogen and oxygen atoms in total. The number of amides is 4. The molecule has 6 unspecified atom stereocenters. The number of carbonyl (C=O) groups is 5. The van der Waals surface area contributed by atoms with E-state index in [4.69, 9.17) is 21.1 Å². The topological polar surface area (TPSA) is 157 Å². The number of carbonyl (C=O) groups excluding carboxylic acids is 4. The molecule has 2 aromatic carbocycles. The number of carboxylic acids is 1. The van der Waals surface area contributed by atoms with Gasteiger partial charge in [0.2, 0.25) is 11.8 Å². The number of hydrogen-bond donors (Lipinski definition) is 3. The van der Waals surface area contributed by atoms with Crippen LogP contribution in [0.5, 0.6) is 0 Å². The molecular formula is C35H31ClFN3O8. The third-order valence-corrected chi connectivity index (χ3v) is 10.5.